The highest BCUT2D eigenvalue weighted by atomic mass is 19.4. The summed E-state index contributed by atoms with van der Waals surface area (Å²) in [7, 11) is 0. The summed E-state index contributed by atoms with van der Waals surface area (Å²) >= 11 is 0. The van der Waals surface area contributed by atoms with Gasteiger partial charge in [0.05, 0.1) is 0 Å². The Hall–Kier alpha value is -2.61. The largest absolute Gasteiger partial charge is 0.461 e. The highest BCUT2D eigenvalue weighted by Crippen LogP contribution is 2.43. The van der Waals surface area contributed by atoms with E-state index in [0.717, 1.165) is 0 Å². The Kier molecular flexibility index (Phi) is 3.61. The molecule has 0 saturated heterocycles. The SMILES string of the molecule is O=C(n1cncn1)n1nc(C(F)(F)F)nc1C(F)(F)C(F)(F)F. The van der Waals surface area contributed by atoms with Crippen molar-refractivity contribution in [3.63, 3.8) is 0 Å². The maximum Gasteiger partial charge on any atom is 0.461 e. The van der Waals surface area contributed by atoms with Crippen LogP contribution in [0.15, 0.2) is 12.7 Å². The average molecular weight is 350 g/mol. The Labute approximate surface area is 119 Å². The molecule has 2 aromatic heterocycles. The molecule has 0 saturated carbocycles. The van der Waals surface area contributed by atoms with E-state index in [1.54, 1.807) is 0 Å². The summed E-state index contributed by atoms with van der Waals surface area (Å²) in [5.74, 6) is -10.7. The number of hydrogen-bond donors (Lipinski definition) is 0. The smallest absolute Gasteiger partial charge is 0.243 e. The van der Waals surface area contributed by atoms with Crippen molar-refractivity contribution in [2.75, 3.05) is 0 Å². The van der Waals surface area contributed by atoms with Crippen LogP contribution >= 0.6 is 0 Å². The van der Waals surface area contributed by atoms with Gasteiger partial charge in [0.15, 0.2) is 0 Å². The van der Waals surface area contributed by atoms with E-state index in [1.165, 1.54) is 0 Å². The van der Waals surface area contributed by atoms with Crippen molar-refractivity contribution >= 4 is 6.03 Å². The average Bonchev–Trinajstić information content (AvgIpc) is 3.05. The van der Waals surface area contributed by atoms with Crippen LogP contribution in [0.2, 0.25) is 0 Å². The number of alkyl halides is 8. The summed E-state index contributed by atoms with van der Waals surface area (Å²) in [5.41, 5.74) is 0. The van der Waals surface area contributed by atoms with Crippen molar-refractivity contribution in [3.8, 4) is 0 Å². The van der Waals surface area contributed by atoms with Gasteiger partial charge in [-0.1, -0.05) is 0 Å². The predicted molar refractivity (Wildman–Crippen MR) is 51.2 cm³/mol. The Bertz CT molecular complexity index is 714. The second-order valence-electron chi connectivity index (χ2n) is 3.86. The molecule has 0 aromatic carbocycles. The number of aromatic nitrogens is 6. The van der Waals surface area contributed by atoms with E-state index in [2.05, 4.69) is 20.2 Å². The van der Waals surface area contributed by atoms with E-state index in [-0.39, 0.29) is 4.68 Å². The Morgan fingerprint density at radius 1 is 1.04 bits per heavy atom. The molecule has 0 atom stereocenters. The van der Waals surface area contributed by atoms with Crippen molar-refractivity contribution in [2.24, 2.45) is 0 Å². The first-order valence-electron chi connectivity index (χ1n) is 5.24. The van der Waals surface area contributed by atoms with Crippen LogP contribution in [0.1, 0.15) is 11.6 Å². The molecule has 0 unspecified atom stereocenters. The maximum atomic E-state index is 13.3. The molecule has 0 N–H and O–H groups in total. The topological polar surface area (TPSA) is 78.5 Å². The first-order valence-corrected chi connectivity index (χ1v) is 5.24. The van der Waals surface area contributed by atoms with Crippen molar-refractivity contribution in [3.05, 3.63) is 24.3 Å². The first kappa shape index (κ1) is 16.8. The van der Waals surface area contributed by atoms with E-state index in [4.69, 9.17) is 0 Å². The molecule has 0 radical (unpaired) electrons. The number of halogens is 8. The zero-order chi connectivity index (χ0) is 17.6. The normalized spacial score (nSPS) is 13.4. The fraction of sp³-hybridized carbons (Fsp3) is 0.375. The lowest BCUT2D eigenvalue weighted by Gasteiger charge is -2.18. The lowest BCUT2D eigenvalue weighted by molar-refractivity contribution is -0.293. The molecule has 2 aromatic rings. The van der Waals surface area contributed by atoms with E-state index in [9.17, 15) is 39.9 Å². The number of rotatable bonds is 1. The van der Waals surface area contributed by atoms with E-state index in [1.807, 2.05) is 0 Å². The van der Waals surface area contributed by atoms with Gasteiger partial charge in [0.25, 0.3) is 5.82 Å². The van der Waals surface area contributed by atoms with E-state index < -0.39 is 40.6 Å². The molecule has 0 bridgehead atoms. The molecule has 0 aliphatic carbocycles. The van der Waals surface area contributed by atoms with Gasteiger partial charge in [-0.25, -0.2) is 14.8 Å². The van der Waals surface area contributed by atoms with Crippen molar-refractivity contribution < 1.29 is 39.9 Å². The summed E-state index contributed by atoms with van der Waals surface area (Å²) in [4.78, 5) is 17.0. The predicted octanol–water partition coefficient (Wildman–Crippen LogP) is 2.06. The maximum absolute atomic E-state index is 13.3. The second-order valence-corrected chi connectivity index (χ2v) is 3.86. The van der Waals surface area contributed by atoms with Gasteiger partial charge in [0.1, 0.15) is 12.7 Å². The third kappa shape index (κ3) is 2.85. The zero-order valence-corrected chi connectivity index (χ0v) is 10.3. The van der Waals surface area contributed by atoms with Gasteiger partial charge in [-0.3, -0.25) is 0 Å². The van der Waals surface area contributed by atoms with Crippen LogP contribution in [0.25, 0.3) is 0 Å². The lowest BCUT2D eigenvalue weighted by atomic mass is 10.3. The minimum absolute atomic E-state index is 0.102. The zero-order valence-electron chi connectivity index (χ0n) is 10.3. The van der Waals surface area contributed by atoms with Gasteiger partial charge in [-0.05, 0) is 0 Å². The minimum atomic E-state index is -6.30. The van der Waals surface area contributed by atoms with Crippen molar-refractivity contribution in [1.82, 2.24) is 29.5 Å². The van der Waals surface area contributed by atoms with Crippen molar-refractivity contribution in [2.45, 2.75) is 18.3 Å². The van der Waals surface area contributed by atoms with Gasteiger partial charge < -0.3 is 0 Å². The fourth-order valence-electron chi connectivity index (χ4n) is 1.30. The quantitative estimate of drug-likeness (QED) is 0.736. The van der Waals surface area contributed by atoms with Gasteiger partial charge in [-0.2, -0.15) is 49.6 Å². The number of hydrogen-bond acceptors (Lipinski definition) is 5. The Balaban J connectivity index is 2.66. The highest BCUT2D eigenvalue weighted by Gasteiger charge is 2.63. The molecule has 0 aliphatic heterocycles. The third-order valence-electron chi connectivity index (χ3n) is 2.29. The van der Waals surface area contributed by atoms with Crippen LogP contribution in [0.4, 0.5) is 39.9 Å². The van der Waals surface area contributed by atoms with Crippen molar-refractivity contribution in [1.29, 1.82) is 0 Å². The minimum Gasteiger partial charge on any atom is -0.243 e. The van der Waals surface area contributed by atoms with Crippen LogP contribution in [0, 0.1) is 0 Å². The third-order valence-corrected chi connectivity index (χ3v) is 2.29. The van der Waals surface area contributed by atoms with E-state index in [0.29, 0.717) is 12.7 Å². The van der Waals surface area contributed by atoms with Crippen LogP contribution in [0.3, 0.4) is 0 Å². The molecule has 2 rings (SSSR count). The standard InChI is InChI=1S/C8H2F8N6O/c9-6(10,8(14,15)16)4-19-3(7(11,12)13)20-22(4)5(23)21-2-17-1-18-21/h1-2H. The molecule has 2 heterocycles. The number of carbonyl (C=O) groups excluding carboxylic acids is 1. The monoisotopic (exact) mass is 350 g/mol. The molecular formula is C8H2F8N6O. The molecule has 0 spiro atoms. The van der Waals surface area contributed by atoms with Gasteiger partial charge in [-0.15, -0.1) is 5.10 Å². The molecule has 0 aliphatic rings. The second kappa shape index (κ2) is 4.95. The van der Waals surface area contributed by atoms with Crippen LogP contribution in [0.5, 0.6) is 0 Å². The van der Waals surface area contributed by atoms with Gasteiger partial charge >= 0.3 is 24.3 Å². The first-order chi connectivity index (χ1) is 10.4. The lowest BCUT2D eigenvalue weighted by Crippen LogP contribution is -2.38. The van der Waals surface area contributed by atoms with Gasteiger partial charge in [0.2, 0.25) is 5.82 Å². The summed E-state index contributed by atoms with van der Waals surface area (Å²) in [6.07, 6.45) is -10.5. The summed E-state index contributed by atoms with van der Waals surface area (Å²) in [6.45, 7) is 0. The molecule has 126 valence electrons. The fourth-order valence-corrected chi connectivity index (χ4v) is 1.30. The molecule has 7 nitrogen and oxygen atoms in total. The number of nitrogens with zero attached hydrogens (tertiary/aromatic N) is 6. The Morgan fingerprint density at radius 3 is 2.09 bits per heavy atom. The molecule has 0 fully saturated rings. The number of carbonyl (C=O) groups is 1. The van der Waals surface area contributed by atoms with Crippen LogP contribution in [-0.2, 0) is 12.1 Å². The molecular weight excluding hydrogens is 348 g/mol. The summed E-state index contributed by atoms with van der Waals surface area (Å²) < 4.78 is 100. The molecule has 15 heteroatoms. The summed E-state index contributed by atoms with van der Waals surface area (Å²) in [5, 5.41) is 5.49. The Morgan fingerprint density at radius 2 is 1.65 bits per heavy atom. The van der Waals surface area contributed by atoms with Crippen LogP contribution < -0.4 is 0 Å². The van der Waals surface area contributed by atoms with Gasteiger partial charge in [0, 0.05) is 0 Å². The van der Waals surface area contributed by atoms with Crippen LogP contribution in [-0.4, -0.2) is 41.7 Å². The molecule has 23 heavy (non-hydrogen) atoms. The molecule has 0 amide bonds. The van der Waals surface area contributed by atoms with E-state index >= 15 is 0 Å². The summed E-state index contributed by atoms with van der Waals surface area (Å²) in [6, 6.07) is -1.86. The highest BCUT2D eigenvalue weighted by molar-refractivity contribution is 5.77.